The fourth-order valence-electron chi connectivity index (χ4n) is 3.90. The Balaban J connectivity index is 1.68. The van der Waals surface area contributed by atoms with Gasteiger partial charge in [-0.05, 0) is 63.5 Å². The molecule has 0 amide bonds. The number of halogens is 1. The standard InChI is InChI=1S/C23H28ClN5OS/c1-4-26-15(3)20-13-17-21(27-23(25)28-22(17)31-20)16-12-19(18(24)11-14(16)2)30-10-9-29-7-5-6-8-29/h11-13,26H,3-10H2,1-2H3,(H2,25,27,28). The van der Waals surface area contributed by atoms with Crippen LogP contribution in [0.5, 0.6) is 5.75 Å². The van der Waals surface area contributed by atoms with E-state index in [0.717, 1.165) is 63.8 Å². The first-order valence-electron chi connectivity index (χ1n) is 10.6. The molecule has 0 bridgehead atoms. The van der Waals surface area contributed by atoms with E-state index < -0.39 is 0 Å². The summed E-state index contributed by atoms with van der Waals surface area (Å²) in [6.07, 6.45) is 2.53. The minimum atomic E-state index is 0.246. The number of aryl methyl sites for hydroxylation is 1. The number of hydrogen-bond acceptors (Lipinski definition) is 7. The first kappa shape index (κ1) is 21.9. The highest BCUT2D eigenvalue weighted by Gasteiger charge is 2.18. The summed E-state index contributed by atoms with van der Waals surface area (Å²) in [7, 11) is 0. The number of nitrogen functional groups attached to an aromatic ring is 1. The van der Waals surface area contributed by atoms with E-state index in [1.54, 1.807) is 11.3 Å². The van der Waals surface area contributed by atoms with Crippen molar-refractivity contribution in [1.29, 1.82) is 0 Å². The summed E-state index contributed by atoms with van der Waals surface area (Å²) in [5, 5.41) is 4.82. The molecular weight excluding hydrogens is 430 g/mol. The monoisotopic (exact) mass is 457 g/mol. The van der Waals surface area contributed by atoms with Crippen LogP contribution in [0.15, 0.2) is 24.8 Å². The van der Waals surface area contributed by atoms with Crippen LogP contribution in [0.1, 0.15) is 30.2 Å². The lowest BCUT2D eigenvalue weighted by molar-refractivity contribution is 0.238. The molecule has 31 heavy (non-hydrogen) atoms. The highest BCUT2D eigenvalue weighted by Crippen LogP contribution is 2.39. The number of hydrogen-bond donors (Lipinski definition) is 2. The normalized spacial score (nSPS) is 14.3. The van der Waals surface area contributed by atoms with E-state index in [-0.39, 0.29) is 5.95 Å². The molecule has 3 heterocycles. The van der Waals surface area contributed by atoms with E-state index >= 15 is 0 Å². The number of ether oxygens (including phenoxy) is 1. The molecule has 6 nitrogen and oxygen atoms in total. The van der Waals surface area contributed by atoms with Crippen molar-refractivity contribution >= 4 is 44.8 Å². The Morgan fingerprint density at radius 3 is 2.81 bits per heavy atom. The lowest BCUT2D eigenvalue weighted by Crippen LogP contribution is -2.25. The molecule has 1 aliphatic rings. The molecule has 3 N–H and O–H groups in total. The molecule has 0 unspecified atom stereocenters. The SMILES string of the molecule is C=C(NCC)c1cc2c(-c3cc(OCCN4CCCC4)c(Cl)cc3C)nc(N)nc2s1. The largest absolute Gasteiger partial charge is 0.491 e. The molecule has 0 atom stereocenters. The molecule has 0 saturated carbocycles. The van der Waals surface area contributed by atoms with Gasteiger partial charge in [0.05, 0.1) is 15.6 Å². The molecule has 3 aromatic rings. The lowest BCUT2D eigenvalue weighted by atomic mass is 10.0. The summed E-state index contributed by atoms with van der Waals surface area (Å²) >= 11 is 8.05. The third-order valence-electron chi connectivity index (χ3n) is 5.50. The Hall–Kier alpha value is -2.35. The first-order chi connectivity index (χ1) is 15.0. The number of nitrogens with two attached hydrogens (primary N) is 1. The zero-order valence-electron chi connectivity index (χ0n) is 18.0. The summed E-state index contributed by atoms with van der Waals surface area (Å²) < 4.78 is 6.06. The predicted octanol–water partition coefficient (Wildman–Crippen LogP) is 4.96. The molecule has 1 aliphatic heterocycles. The average molecular weight is 458 g/mol. The molecular formula is C23H28ClN5OS. The smallest absolute Gasteiger partial charge is 0.221 e. The van der Waals surface area contributed by atoms with Crippen LogP contribution >= 0.6 is 22.9 Å². The number of thiophene rings is 1. The first-order valence-corrected chi connectivity index (χ1v) is 11.8. The average Bonchev–Trinajstić information content (AvgIpc) is 3.39. The number of fused-ring (bicyclic) bond motifs is 1. The van der Waals surface area contributed by atoms with Crippen LogP contribution in [0.25, 0.3) is 27.2 Å². The molecule has 8 heteroatoms. The van der Waals surface area contributed by atoms with Crippen molar-refractivity contribution < 1.29 is 4.74 Å². The third-order valence-corrected chi connectivity index (χ3v) is 6.88. The van der Waals surface area contributed by atoms with Gasteiger partial charge in [-0.1, -0.05) is 18.2 Å². The van der Waals surface area contributed by atoms with E-state index in [2.05, 4.69) is 32.8 Å². The highest BCUT2D eigenvalue weighted by molar-refractivity contribution is 7.19. The molecule has 4 rings (SSSR count). The van der Waals surface area contributed by atoms with Gasteiger partial charge in [0.25, 0.3) is 0 Å². The molecule has 0 aliphatic carbocycles. The van der Waals surface area contributed by atoms with E-state index in [9.17, 15) is 0 Å². The Labute approximate surface area is 192 Å². The third kappa shape index (κ3) is 4.79. The van der Waals surface area contributed by atoms with Crippen molar-refractivity contribution in [3.63, 3.8) is 0 Å². The Morgan fingerprint density at radius 2 is 2.06 bits per heavy atom. The quantitative estimate of drug-likeness (QED) is 0.498. The second kappa shape index (κ2) is 9.42. The summed E-state index contributed by atoms with van der Waals surface area (Å²) in [5.74, 6) is 0.912. The molecule has 0 radical (unpaired) electrons. The summed E-state index contributed by atoms with van der Waals surface area (Å²) in [5.41, 5.74) is 9.66. The van der Waals surface area contributed by atoms with Crippen molar-refractivity contribution in [2.24, 2.45) is 0 Å². The van der Waals surface area contributed by atoms with Gasteiger partial charge in [0.1, 0.15) is 17.2 Å². The molecule has 164 valence electrons. The summed E-state index contributed by atoms with van der Waals surface area (Å²) in [6, 6.07) is 5.97. The van der Waals surface area contributed by atoms with Crippen molar-refractivity contribution in [2.45, 2.75) is 26.7 Å². The van der Waals surface area contributed by atoms with Gasteiger partial charge < -0.3 is 15.8 Å². The van der Waals surface area contributed by atoms with Gasteiger partial charge in [-0.2, -0.15) is 0 Å². The predicted molar refractivity (Wildman–Crippen MR) is 131 cm³/mol. The maximum Gasteiger partial charge on any atom is 0.221 e. The van der Waals surface area contributed by atoms with Gasteiger partial charge in [-0.25, -0.2) is 9.97 Å². The molecule has 1 aromatic carbocycles. The van der Waals surface area contributed by atoms with Crippen LogP contribution < -0.4 is 15.8 Å². The maximum atomic E-state index is 6.50. The fourth-order valence-corrected chi connectivity index (χ4v) is 5.16. The number of anilines is 1. The van der Waals surface area contributed by atoms with Crippen LogP contribution in [0.4, 0.5) is 5.95 Å². The van der Waals surface area contributed by atoms with E-state index in [1.165, 1.54) is 12.8 Å². The van der Waals surface area contributed by atoms with E-state index in [0.29, 0.717) is 17.4 Å². The molecule has 0 spiro atoms. The van der Waals surface area contributed by atoms with Crippen molar-refractivity contribution in [3.8, 4) is 17.0 Å². The lowest BCUT2D eigenvalue weighted by Gasteiger charge is -2.17. The van der Waals surface area contributed by atoms with Crippen molar-refractivity contribution in [1.82, 2.24) is 20.2 Å². The van der Waals surface area contributed by atoms with E-state index in [4.69, 9.17) is 22.1 Å². The van der Waals surface area contributed by atoms with E-state index in [1.807, 2.05) is 26.0 Å². The second-order valence-corrected chi connectivity index (χ2v) is 9.20. The maximum absolute atomic E-state index is 6.50. The van der Waals surface area contributed by atoms with Crippen LogP contribution in [-0.4, -0.2) is 47.7 Å². The van der Waals surface area contributed by atoms with Crippen molar-refractivity contribution in [2.75, 3.05) is 38.5 Å². The number of likely N-dealkylation sites (tertiary alicyclic amines) is 1. The number of aromatic nitrogens is 2. The number of nitrogens with zero attached hydrogens (tertiary/aromatic N) is 3. The number of nitrogens with one attached hydrogen (secondary N) is 1. The number of benzene rings is 1. The van der Waals surface area contributed by atoms with Crippen LogP contribution in [0.2, 0.25) is 5.02 Å². The topological polar surface area (TPSA) is 76.3 Å². The van der Waals surface area contributed by atoms with Gasteiger partial charge >= 0.3 is 0 Å². The zero-order chi connectivity index (χ0) is 22.0. The Kier molecular flexibility index (Phi) is 6.65. The Morgan fingerprint density at radius 1 is 1.29 bits per heavy atom. The van der Waals surface area contributed by atoms with Crippen LogP contribution in [-0.2, 0) is 0 Å². The van der Waals surface area contributed by atoms with Crippen LogP contribution in [0.3, 0.4) is 0 Å². The van der Waals surface area contributed by atoms with Gasteiger partial charge in [-0.15, -0.1) is 11.3 Å². The minimum absolute atomic E-state index is 0.246. The molecule has 1 fully saturated rings. The zero-order valence-corrected chi connectivity index (χ0v) is 19.6. The highest BCUT2D eigenvalue weighted by atomic mass is 35.5. The van der Waals surface area contributed by atoms with Gasteiger partial charge in [0.2, 0.25) is 5.95 Å². The van der Waals surface area contributed by atoms with Gasteiger partial charge in [0.15, 0.2) is 0 Å². The number of rotatable bonds is 8. The van der Waals surface area contributed by atoms with Crippen LogP contribution in [0, 0.1) is 6.92 Å². The van der Waals surface area contributed by atoms with Gasteiger partial charge in [-0.3, -0.25) is 4.90 Å². The minimum Gasteiger partial charge on any atom is -0.491 e. The van der Waals surface area contributed by atoms with Gasteiger partial charge in [0, 0.05) is 29.7 Å². The second-order valence-electron chi connectivity index (χ2n) is 7.76. The van der Waals surface area contributed by atoms with Crippen molar-refractivity contribution in [3.05, 3.63) is 40.2 Å². The summed E-state index contributed by atoms with van der Waals surface area (Å²) in [6.45, 7) is 12.8. The molecule has 2 aromatic heterocycles. The fraction of sp³-hybridized carbons (Fsp3) is 0.391. The Bertz CT molecular complexity index is 1110. The molecule has 1 saturated heterocycles. The summed E-state index contributed by atoms with van der Waals surface area (Å²) in [4.78, 5) is 13.3.